The van der Waals surface area contributed by atoms with Gasteiger partial charge in [-0.3, -0.25) is 0 Å². The second kappa shape index (κ2) is 4.64. The van der Waals surface area contributed by atoms with E-state index in [0.29, 0.717) is 12.8 Å². The number of fused-ring (bicyclic) bond motifs is 1. The first-order valence-electron chi connectivity index (χ1n) is 7.18. The van der Waals surface area contributed by atoms with Crippen LogP contribution in [0.15, 0.2) is 18.2 Å². The van der Waals surface area contributed by atoms with Gasteiger partial charge in [0.2, 0.25) is 6.79 Å². The molecule has 0 saturated carbocycles. The third-order valence-corrected chi connectivity index (χ3v) is 4.06. The first kappa shape index (κ1) is 13.7. The summed E-state index contributed by atoms with van der Waals surface area (Å²) in [5.41, 5.74) is 1.00. The maximum atomic E-state index is 6.10. The van der Waals surface area contributed by atoms with Gasteiger partial charge < -0.3 is 19.5 Å². The standard InChI is InChI=1S/C16H23NO3/c1-15(2)8-14(16(3,4)20-15)17-9-11-5-6-12-13(7-11)19-10-18-12/h5-7,14,17H,8-10H2,1-4H3. The SMILES string of the molecule is CC1(C)CC(NCc2ccc3c(c2)OCO3)C(C)(C)O1. The lowest BCUT2D eigenvalue weighted by atomic mass is 9.94. The van der Waals surface area contributed by atoms with Crippen LogP contribution in [0.5, 0.6) is 11.5 Å². The highest BCUT2D eigenvalue weighted by molar-refractivity contribution is 5.44. The molecule has 4 heteroatoms. The molecule has 0 amide bonds. The summed E-state index contributed by atoms with van der Waals surface area (Å²) in [6, 6.07) is 6.44. The maximum absolute atomic E-state index is 6.10. The zero-order valence-electron chi connectivity index (χ0n) is 12.7. The molecule has 4 nitrogen and oxygen atoms in total. The van der Waals surface area contributed by atoms with E-state index in [1.807, 2.05) is 12.1 Å². The highest BCUT2D eigenvalue weighted by atomic mass is 16.7. The maximum Gasteiger partial charge on any atom is 0.231 e. The van der Waals surface area contributed by atoms with E-state index in [9.17, 15) is 0 Å². The summed E-state index contributed by atoms with van der Waals surface area (Å²) in [6.45, 7) is 9.74. The molecule has 1 aromatic rings. The van der Waals surface area contributed by atoms with Crippen molar-refractivity contribution in [2.24, 2.45) is 0 Å². The molecular weight excluding hydrogens is 254 g/mol. The molecule has 0 aromatic heterocycles. The zero-order valence-corrected chi connectivity index (χ0v) is 12.7. The average Bonchev–Trinajstić information content (AvgIpc) is 2.87. The smallest absolute Gasteiger partial charge is 0.231 e. The fourth-order valence-electron chi connectivity index (χ4n) is 3.17. The first-order chi connectivity index (χ1) is 9.36. The molecule has 1 saturated heterocycles. The molecule has 0 aliphatic carbocycles. The van der Waals surface area contributed by atoms with Crippen LogP contribution < -0.4 is 14.8 Å². The first-order valence-corrected chi connectivity index (χ1v) is 7.18. The van der Waals surface area contributed by atoms with Crippen molar-refractivity contribution in [3.63, 3.8) is 0 Å². The lowest BCUT2D eigenvalue weighted by Crippen LogP contribution is -2.42. The van der Waals surface area contributed by atoms with Gasteiger partial charge in [0.25, 0.3) is 0 Å². The molecule has 2 aliphatic heterocycles. The summed E-state index contributed by atoms with van der Waals surface area (Å²) in [5, 5.41) is 3.61. The fraction of sp³-hybridized carbons (Fsp3) is 0.625. The van der Waals surface area contributed by atoms with Gasteiger partial charge in [-0.05, 0) is 51.8 Å². The van der Waals surface area contributed by atoms with Gasteiger partial charge in [-0.1, -0.05) is 6.07 Å². The van der Waals surface area contributed by atoms with E-state index < -0.39 is 0 Å². The summed E-state index contributed by atoms with van der Waals surface area (Å²) >= 11 is 0. The molecule has 0 bridgehead atoms. The van der Waals surface area contributed by atoms with Crippen LogP contribution >= 0.6 is 0 Å². The number of hydrogen-bond donors (Lipinski definition) is 1. The average molecular weight is 277 g/mol. The van der Waals surface area contributed by atoms with Crippen LogP contribution in [0.4, 0.5) is 0 Å². The Kier molecular flexibility index (Phi) is 3.18. The summed E-state index contributed by atoms with van der Waals surface area (Å²) in [7, 11) is 0. The molecule has 0 spiro atoms. The van der Waals surface area contributed by atoms with Crippen LogP contribution in [0.1, 0.15) is 39.7 Å². The molecule has 1 atom stereocenters. The monoisotopic (exact) mass is 277 g/mol. The molecule has 1 unspecified atom stereocenters. The van der Waals surface area contributed by atoms with Crippen molar-refractivity contribution in [2.45, 2.75) is 57.9 Å². The van der Waals surface area contributed by atoms with Crippen LogP contribution in [0.2, 0.25) is 0 Å². The van der Waals surface area contributed by atoms with Crippen molar-refractivity contribution in [3.8, 4) is 11.5 Å². The lowest BCUT2D eigenvalue weighted by molar-refractivity contribution is -0.0699. The molecule has 1 fully saturated rings. The van der Waals surface area contributed by atoms with Gasteiger partial charge in [-0.15, -0.1) is 0 Å². The van der Waals surface area contributed by atoms with Crippen LogP contribution in [-0.2, 0) is 11.3 Å². The van der Waals surface area contributed by atoms with Gasteiger partial charge in [0.15, 0.2) is 11.5 Å². The predicted octanol–water partition coefficient (Wildman–Crippen LogP) is 2.85. The van der Waals surface area contributed by atoms with Gasteiger partial charge in [-0.25, -0.2) is 0 Å². The Bertz CT molecular complexity index is 510. The van der Waals surface area contributed by atoms with Crippen molar-refractivity contribution in [1.82, 2.24) is 5.32 Å². The summed E-state index contributed by atoms with van der Waals surface area (Å²) < 4.78 is 16.8. The van der Waals surface area contributed by atoms with E-state index in [-0.39, 0.29) is 11.2 Å². The third kappa shape index (κ3) is 2.63. The van der Waals surface area contributed by atoms with E-state index in [4.69, 9.17) is 14.2 Å². The summed E-state index contributed by atoms with van der Waals surface area (Å²) in [5.74, 6) is 1.67. The van der Waals surface area contributed by atoms with Crippen molar-refractivity contribution in [1.29, 1.82) is 0 Å². The molecule has 110 valence electrons. The van der Waals surface area contributed by atoms with Crippen LogP contribution in [0.3, 0.4) is 0 Å². The second-order valence-corrected chi connectivity index (χ2v) is 6.79. The quantitative estimate of drug-likeness (QED) is 0.922. The highest BCUT2D eigenvalue weighted by Gasteiger charge is 2.45. The van der Waals surface area contributed by atoms with E-state index in [1.165, 1.54) is 5.56 Å². The summed E-state index contributed by atoms with van der Waals surface area (Å²) in [6.07, 6.45) is 1.02. The van der Waals surface area contributed by atoms with Gasteiger partial charge >= 0.3 is 0 Å². The Morgan fingerprint density at radius 2 is 1.90 bits per heavy atom. The second-order valence-electron chi connectivity index (χ2n) is 6.79. The normalized spacial score (nSPS) is 25.9. The number of nitrogens with one attached hydrogen (secondary N) is 1. The van der Waals surface area contributed by atoms with Crippen LogP contribution in [0, 0.1) is 0 Å². The van der Waals surface area contributed by atoms with Crippen molar-refractivity contribution in [2.75, 3.05) is 6.79 Å². The number of rotatable bonds is 3. The largest absolute Gasteiger partial charge is 0.454 e. The predicted molar refractivity (Wildman–Crippen MR) is 77.1 cm³/mol. The highest BCUT2D eigenvalue weighted by Crippen LogP contribution is 2.37. The van der Waals surface area contributed by atoms with Crippen molar-refractivity contribution < 1.29 is 14.2 Å². The van der Waals surface area contributed by atoms with Crippen molar-refractivity contribution >= 4 is 0 Å². The fourth-order valence-corrected chi connectivity index (χ4v) is 3.17. The summed E-state index contributed by atoms with van der Waals surface area (Å²) in [4.78, 5) is 0. The number of hydrogen-bond acceptors (Lipinski definition) is 4. The zero-order chi connectivity index (χ0) is 14.4. The Morgan fingerprint density at radius 1 is 1.15 bits per heavy atom. The molecule has 0 radical (unpaired) electrons. The van der Waals surface area contributed by atoms with Crippen LogP contribution in [-0.4, -0.2) is 24.0 Å². The Morgan fingerprint density at radius 3 is 2.60 bits per heavy atom. The molecule has 2 aliphatic rings. The molecular formula is C16H23NO3. The van der Waals surface area contributed by atoms with Gasteiger partial charge in [0.1, 0.15) is 0 Å². The van der Waals surface area contributed by atoms with Crippen molar-refractivity contribution in [3.05, 3.63) is 23.8 Å². The topological polar surface area (TPSA) is 39.7 Å². The molecule has 3 rings (SSSR count). The number of ether oxygens (including phenoxy) is 3. The molecule has 1 aromatic carbocycles. The molecule has 20 heavy (non-hydrogen) atoms. The van der Waals surface area contributed by atoms with Gasteiger partial charge in [-0.2, -0.15) is 0 Å². The minimum atomic E-state index is -0.139. The van der Waals surface area contributed by atoms with Gasteiger partial charge in [0, 0.05) is 12.6 Å². The van der Waals surface area contributed by atoms with Gasteiger partial charge in [0.05, 0.1) is 11.2 Å². The lowest BCUT2D eigenvalue weighted by Gasteiger charge is -2.28. The van der Waals surface area contributed by atoms with E-state index in [1.54, 1.807) is 0 Å². The Hall–Kier alpha value is -1.26. The van der Waals surface area contributed by atoms with Crippen LogP contribution in [0.25, 0.3) is 0 Å². The van der Waals surface area contributed by atoms with E-state index in [2.05, 4.69) is 39.1 Å². The third-order valence-electron chi connectivity index (χ3n) is 4.06. The number of benzene rings is 1. The molecule has 1 N–H and O–H groups in total. The molecule has 2 heterocycles. The minimum Gasteiger partial charge on any atom is -0.454 e. The van der Waals surface area contributed by atoms with E-state index in [0.717, 1.165) is 24.5 Å². The van der Waals surface area contributed by atoms with E-state index >= 15 is 0 Å². The Labute approximate surface area is 120 Å². The Balaban J connectivity index is 1.65. The minimum absolute atomic E-state index is 0.0595.